The number of benzene rings is 2. The maximum atomic E-state index is 13.0. The Labute approximate surface area is 191 Å². The minimum atomic E-state index is -0.0541. The van der Waals surface area contributed by atoms with E-state index in [4.69, 9.17) is 0 Å². The quantitative estimate of drug-likeness (QED) is 0.361. The fourth-order valence-electron chi connectivity index (χ4n) is 3.74. The van der Waals surface area contributed by atoms with Crippen molar-refractivity contribution in [3.63, 3.8) is 0 Å². The smallest absolute Gasteiger partial charge is 0.262 e. The first kappa shape index (κ1) is 22.1. The van der Waals surface area contributed by atoms with Crippen molar-refractivity contribution in [1.29, 1.82) is 0 Å². The minimum Gasteiger partial charge on any atom is -0.338 e. The van der Waals surface area contributed by atoms with E-state index in [2.05, 4.69) is 17.1 Å². The third-order valence-corrected chi connectivity index (χ3v) is 6.40. The number of amides is 1. The molecule has 0 aliphatic carbocycles. The number of carbonyl (C=O) groups is 1. The molecule has 0 atom stereocenters. The molecule has 0 bridgehead atoms. The molecule has 4 aromatic rings. The van der Waals surface area contributed by atoms with Gasteiger partial charge in [0.15, 0.2) is 5.16 Å². The van der Waals surface area contributed by atoms with Gasteiger partial charge in [0, 0.05) is 19.6 Å². The third-order valence-electron chi connectivity index (χ3n) is 5.49. The van der Waals surface area contributed by atoms with Crippen molar-refractivity contribution in [2.75, 3.05) is 12.3 Å². The Morgan fingerprint density at radius 2 is 1.78 bits per heavy atom. The lowest BCUT2D eigenvalue weighted by Crippen LogP contribution is -2.31. The average molecular weight is 450 g/mol. The number of para-hydroxylation sites is 1. The Bertz CT molecular complexity index is 1280. The van der Waals surface area contributed by atoms with Crippen LogP contribution in [0.4, 0.5) is 0 Å². The number of hydrogen-bond donors (Lipinski definition) is 0. The molecule has 0 saturated heterocycles. The van der Waals surface area contributed by atoms with E-state index in [1.807, 2.05) is 70.8 Å². The number of fused-ring (bicyclic) bond motifs is 3. The van der Waals surface area contributed by atoms with E-state index >= 15 is 0 Å². The molecule has 32 heavy (non-hydrogen) atoms. The summed E-state index contributed by atoms with van der Waals surface area (Å²) in [6, 6.07) is 17.5. The molecule has 2 aromatic carbocycles. The van der Waals surface area contributed by atoms with Gasteiger partial charge in [0.1, 0.15) is 0 Å². The summed E-state index contributed by atoms with van der Waals surface area (Å²) < 4.78 is 3.59. The lowest BCUT2D eigenvalue weighted by Gasteiger charge is -2.20. The Kier molecular flexibility index (Phi) is 6.90. The van der Waals surface area contributed by atoms with Crippen LogP contribution in [0.2, 0.25) is 0 Å². The summed E-state index contributed by atoms with van der Waals surface area (Å²) >= 11 is 1.35. The zero-order valence-electron chi connectivity index (χ0n) is 18.4. The van der Waals surface area contributed by atoms with Crippen molar-refractivity contribution in [3.05, 3.63) is 70.5 Å². The van der Waals surface area contributed by atoms with Crippen LogP contribution in [0.15, 0.2) is 64.5 Å². The van der Waals surface area contributed by atoms with Gasteiger partial charge < -0.3 is 4.90 Å². The van der Waals surface area contributed by atoms with E-state index in [9.17, 15) is 9.59 Å². The van der Waals surface area contributed by atoms with Gasteiger partial charge in [-0.3, -0.25) is 18.6 Å². The number of aromatic nitrogens is 4. The van der Waals surface area contributed by atoms with Gasteiger partial charge in [0.05, 0.1) is 16.7 Å². The largest absolute Gasteiger partial charge is 0.338 e. The Morgan fingerprint density at radius 3 is 2.53 bits per heavy atom. The van der Waals surface area contributed by atoms with Crippen molar-refractivity contribution >= 4 is 34.3 Å². The summed E-state index contributed by atoms with van der Waals surface area (Å²) in [5.41, 5.74) is 1.81. The molecule has 0 radical (unpaired) electrons. The highest BCUT2D eigenvalue weighted by Crippen LogP contribution is 2.22. The highest BCUT2D eigenvalue weighted by molar-refractivity contribution is 7.99. The predicted octanol–water partition coefficient (Wildman–Crippen LogP) is 3.99. The van der Waals surface area contributed by atoms with Crippen LogP contribution in [0.5, 0.6) is 0 Å². The van der Waals surface area contributed by atoms with Crippen LogP contribution >= 0.6 is 11.8 Å². The summed E-state index contributed by atoms with van der Waals surface area (Å²) in [7, 11) is 0. The highest BCUT2D eigenvalue weighted by atomic mass is 32.2. The molecule has 0 fully saturated rings. The molecule has 0 aliphatic rings. The molecule has 2 aromatic heterocycles. The van der Waals surface area contributed by atoms with Gasteiger partial charge in [-0.1, -0.05) is 67.6 Å². The summed E-state index contributed by atoms with van der Waals surface area (Å²) in [4.78, 5) is 27.8. The summed E-state index contributed by atoms with van der Waals surface area (Å²) in [6.07, 6.45) is 1.86. The first-order valence-electron chi connectivity index (χ1n) is 10.9. The van der Waals surface area contributed by atoms with Gasteiger partial charge in [-0.2, -0.15) is 0 Å². The highest BCUT2D eigenvalue weighted by Gasteiger charge is 2.19. The maximum Gasteiger partial charge on any atom is 0.262 e. The van der Waals surface area contributed by atoms with Crippen LogP contribution in [0.3, 0.4) is 0 Å². The van der Waals surface area contributed by atoms with E-state index in [1.54, 1.807) is 4.57 Å². The second-order valence-electron chi connectivity index (χ2n) is 7.63. The molecular weight excluding hydrogens is 422 g/mol. The van der Waals surface area contributed by atoms with Gasteiger partial charge in [-0.05, 0) is 31.0 Å². The molecule has 0 aliphatic heterocycles. The SMILES string of the molecule is CCCCn1c(=O)c2ccccc2n2c(SCC(=O)N(CC)Cc3ccccc3)nnc12. The van der Waals surface area contributed by atoms with Crippen LogP contribution in [0.1, 0.15) is 32.3 Å². The Hall–Kier alpha value is -3.13. The lowest BCUT2D eigenvalue weighted by atomic mass is 10.2. The molecule has 7 nitrogen and oxygen atoms in total. The first-order chi connectivity index (χ1) is 15.6. The van der Waals surface area contributed by atoms with Crippen LogP contribution < -0.4 is 5.56 Å². The number of carbonyl (C=O) groups excluding carboxylic acids is 1. The van der Waals surface area contributed by atoms with Gasteiger partial charge in [-0.25, -0.2) is 0 Å². The molecular formula is C24H27N5O2S. The van der Waals surface area contributed by atoms with E-state index < -0.39 is 0 Å². The minimum absolute atomic E-state index is 0.0433. The van der Waals surface area contributed by atoms with Gasteiger partial charge in [0.2, 0.25) is 11.7 Å². The fraction of sp³-hybridized carbons (Fsp3) is 0.333. The van der Waals surface area contributed by atoms with Crippen LogP contribution in [0.25, 0.3) is 16.7 Å². The van der Waals surface area contributed by atoms with Gasteiger partial charge in [-0.15, -0.1) is 10.2 Å². The summed E-state index contributed by atoms with van der Waals surface area (Å²) in [6.45, 7) is 5.88. The summed E-state index contributed by atoms with van der Waals surface area (Å²) in [5.74, 6) is 0.819. The topological polar surface area (TPSA) is 72.5 Å². The van der Waals surface area contributed by atoms with Crippen molar-refractivity contribution in [2.24, 2.45) is 0 Å². The van der Waals surface area contributed by atoms with Gasteiger partial charge >= 0.3 is 0 Å². The monoisotopic (exact) mass is 449 g/mol. The zero-order chi connectivity index (χ0) is 22.5. The molecule has 0 N–H and O–H groups in total. The number of thioether (sulfide) groups is 1. The number of unbranched alkanes of at least 4 members (excludes halogenated alkanes) is 1. The van der Waals surface area contributed by atoms with Crippen molar-refractivity contribution in [1.82, 2.24) is 24.1 Å². The van der Waals surface area contributed by atoms with Crippen molar-refractivity contribution < 1.29 is 4.79 Å². The van der Waals surface area contributed by atoms with E-state index in [-0.39, 0.29) is 17.2 Å². The first-order valence-corrected chi connectivity index (χ1v) is 11.9. The second kappa shape index (κ2) is 9.99. The fourth-order valence-corrected chi connectivity index (χ4v) is 4.59. The molecule has 2 heterocycles. The number of aryl methyl sites for hydroxylation is 1. The standard InChI is InChI=1S/C24H27N5O2S/c1-3-5-15-28-22(31)19-13-9-10-14-20(19)29-23(28)25-26-24(29)32-17-21(30)27(4-2)16-18-11-7-6-8-12-18/h6-14H,3-5,15-17H2,1-2H3. The van der Waals surface area contributed by atoms with Gasteiger partial charge in [0.25, 0.3) is 5.56 Å². The lowest BCUT2D eigenvalue weighted by molar-refractivity contribution is -0.128. The molecule has 166 valence electrons. The van der Waals surface area contributed by atoms with E-state index in [0.717, 1.165) is 23.9 Å². The zero-order valence-corrected chi connectivity index (χ0v) is 19.2. The van der Waals surface area contributed by atoms with Crippen LogP contribution in [0, 0.1) is 0 Å². The molecule has 0 unspecified atom stereocenters. The molecule has 0 saturated carbocycles. The summed E-state index contributed by atoms with van der Waals surface area (Å²) in [5, 5.41) is 9.91. The number of rotatable bonds is 9. The average Bonchev–Trinajstić information content (AvgIpc) is 3.25. The maximum absolute atomic E-state index is 13.0. The Balaban J connectivity index is 1.63. The van der Waals surface area contributed by atoms with Crippen molar-refractivity contribution in [2.45, 2.75) is 44.9 Å². The Morgan fingerprint density at radius 1 is 1.03 bits per heavy atom. The van der Waals surface area contributed by atoms with Crippen molar-refractivity contribution in [3.8, 4) is 0 Å². The molecule has 8 heteroatoms. The molecule has 0 spiro atoms. The third kappa shape index (κ3) is 4.41. The van der Waals surface area contributed by atoms with E-state index in [0.29, 0.717) is 36.0 Å². The van der Waals surface area contributed by atoms with Crippen LogP contribution in [-0.4, -0.2) is 42.3 Å². The van der Waals surface area contributed by atoms with E-state index in [1.165, 1.54) is 11.8 Å². The second-order valence-corrected chi connectivity index (χ2v) is 8.57. The normalized spacial score (nSPS) is 11.3. The molecule has 4 rings (SSSR count). The predicted molar refractivity (Wildman–Crippen MR) is 128 cm³/mol. The molecule has 1 amide bonds. The number of hydrogen-bond acceptors (Lipinski definition) is 5. The number of nitrogens with zero attached hydrogens (tertiary/aromatic N) is 5. The van der Waals surface area contributed by atoms with Crippen LogP contribution in [-0.2, 0) is 17.9 Å².